The number of morpholine rings is 1. The van der Waals surface area contributed by atoms with E-state index in [2.05, 4.69) is 28.3 Å². The molecule has 1 aromatic carbocycles. The van der Waals surface area contributed by atoms with Crippen LogP contribution in [0.15, 0.2) is 18.3 Å². The minimum Gasteiger partial charge on any atom is -0.378 e. The maximum absolute atomic E-state index is 14.4. The second kappa shape index (κ2) is 7.79. The number of thiol groups is 1. The molecular formula is C15H17F2N5O2S. The van der Waals surface area contributed by atoms with Crippen LogP contribution in [0.2, 0.25) is 0 Å². The summed E-state index contributed by atoms with van der Waals surface area (Å²) in [6, 6.07) is 2.41. The lowest BCUT2D eigenvalue weighted by molar-refractivity contribution is -0.118. The van der Waals surface area contributed by atoms with Gasteiger partial charge in [0.05, 0.1) is 37.4 Å². The van der Waals surface area contributed by atoms with Crippen molar-refractivity contribution in [1.29, 1.82) is 0 Å². The number of benzene rings is 1. The number of halogens is 2. The Morgan fingerprint density at radius 2 is 1.96 bits per heavy atom. The predicted octanol–water partition coefficient (Wildman–Crippen LogP) is 0.928. The molecule has 10 heteroatoms. The van der Waals surface area contributed by atoms with Crippen LogP contribution in [0, 0.1) is 11.6 Å². The third-order valence-corrected chi connectivity index (χ3v) is 4.03. The number of carbonyl (C=O) groups is 1. The molecule has 2 aromatic rings. The summed E-state index contributed by atoms with van der Waals surface area (Å²) in [5, 5.41) is 10.3. The van der Waals surface area contributed by atoms with Crippen LogP contribution in [0.3, 0.4) is 0 Å². The van der Waals surface area contributed by atoms with Crippen molar-refractivity contribution in [3.05, 3.63) is 35.7 Å². The molecule has 1 N–H and O–H groups in total. The molecule has 25 heavy (non-hydrogen) atoms. The lowest BCUT2D eigenvalue weighted by Gasteiger charge is -2.29. The Hall–Kier alpha value is -2.20. The number of amides is 1. The highest BCUT2D eigenvalue weighted by Gasteiger charge is 2.21. The summed E-state index contributed by atoms with van der Waals surface area (Å²) in [6.45, 7) is 1.91. The first-order valence-corrected chi connectivity index (χ1v) is 8.32. The first kappa shape index (κ1) is 17.6. The molecule has 1 amide bonds. The van der Waals surface area contributed by atoms with E-state index in [9.17, 15) is 13.6 Å². The Bertz CT molecular complexity index is 741. The van der Waals surface area contributed by atoms with E-state index in [1.54, 1.807) is 4.90 Å². The summed E-state index contributed by atoms with van der Waals surface area (Å²) < 4.78 is 35.3. The van der Waals surface area contributed by atoms with Gasteiger partial charge in [-0.1, -0.05) is 5.21 Å². The molecule has 7 nitrogen and oxygen atoms in total. The molecule has 0 unspecified atom stereocenters. The van der Waals surface area contributed by atoms with Gasteiger partial charge in [0.15, 0.2) is 11.6 Å². The lowest BCUT2D eigenvalue weighted by atomic mass is 10.2. The summed E-state index contributed by atoms with van der Waals surface area (Å²) in [5.41, 5.74) is 0.618. The van der Waals surface area contributed by atoms with Gasteiger partial charge in [-0.2, -0.15) is 12.6 Å². The van der Waals surface area contributed by atoms with Gasteiger partial charge in [-0.3, -0.25) is 4.79 Å². The molecular weight excluding hydrogens is 352 g/mol. The molecule has 1 fully saturated rings. The minimum absolute atomic E-state index is 0.0616. The first-order valence-electron chi connectivity index (χ1n) is 7.69. The van der Waals surface area contributed by atoms with Crippen LogP contribution in [0.25, 0.3) is 5.69 Å². The predicted molar refractivity (Wildman–Crippen MR) is 90.0 cm³/mol. The van der Waals surface area contributed by atoms with Crippen molar-refractivity contribution in [2.45, 2.75) is 6.54 Å². The fraction of sp³-hybridized carbons (Fsp3) is 0.400. The van der Waals surface area contributed by atoms with Gasteiger partial charge in [0.25, 0.3) is 0 Å². The number of hydrogen-bond acceptors (Lipinski definition) is 6. The lowest BCUT2D eigenvalue weighted by Crippen LogP contribution is -2.37. The Kier molecular flexibility index (Phi) is 5.49. The fourth-order valence-corrected chi connectivity index (χ4v) is 2.64. The maximum atomic E-state index is 14.4. The zero-order valence-electron chi connectivity index (χ0n) is 13.3. The molecule has 0 spiro atoms. The summed E-state index contributed by atoms with van der Waals surface area (Å²) in [6.07, 6.45) is 1.50. The Labute approximate surface area is 148 Å². The maximum Gasteiger partial charge on any atom is 0.230 e. The van der Waals surface area contributed by atoms with Crippen molar-refractivity contribution in [1.82, 2.24) is 20.3 Å². The van der Waals surface area contributed by atoms with Gasteiger partial charge in [-0.25, -0.2) is 13.5 Å². The van der Waals surface area contributed by atoms with E-state index in [4.69, 9.17) is 4.74 Å². The van der Waals surface area contributed by atoms with Gasteiger partial charge in [-0.15, -0.1) is 5.10 Å². The van der Waals surface area contributed by atoms with Crippen molar-refractivity contribution in [2.75, 3.05) is 37.0 Å². The van der Waals surface area contributed by atoms with E-state index in [-0.39, 0.29) is 29.6 Å². The van der Waals surface area contributed by atoms with Crippen molar-refractivity contribution in [3.63, 3.8) is 0 Å². The van der Waals surface area contributed by atoms with Crippen molar-refractivity contribution in [3.8, 4) is 5.69 Å². The topological polar surface area (TPSA) is 72.3 Å². The SMILES string of the molecule is O=C(CS)NCc1cn(-c2cc(F)c(N3CCOCC3)c(F)c2)nn1. The third-order valence-electron chi connectivity index (χ3n) is 3.74. The largest absolute Gasteiger partial charge is 0.378 e. The van der Waals surface area contributed by atoms with E-state index in [0.29, 0.717) is 32.0 Å². The van der Waals surface area contributed by atoms with Crippen molar-refractivity contribution < 1.29 is 18.3 Å². The van der Waals surface area contributed by atoms with Crippen LogP contribution >= 0.6 is 12.6 Å². The summed E-state index contributed by atoms with van der Waals surface area (Å²) in [4.78, 5) is 12.8. The zero-order valence-corrected chi connectivity index (χ0v) is 14.2. The number of nitrogens with one attached hydrogen (secondary N) is 1. The van der Waals surface area contributed by atoms with Crippen LogP contribution in [-0.2, 0) is 16.1 Å². The number of anilines is 1. The number of rotatable bonds is 5. The first-order chi connectivity index (χ1) is 12.1. The Morgan fingerprint density at radius 3 is 2.60 bits per heavy atom. The standard InChI is InChI=1S/C15H17F2N5O2S/c16-12-5-11(6-13(17)15(12)21-1-3-24-4-2-21)22-8-10(19-20-22)7-18-14(23)9-25/h5-6,8,25H,1-4,7,9H2,(H,18,23). The third kappa shape index (κ3) is 4.07. The van der Waals surface area contributed by atoms with Crippen molar-refractivity contribution >= 4 is 24.2 Å². The molecule has 1 saturated heterocycles. The highest BCUT2D eigenvalue weighted by molar-refractivity contribution is 7.81. The van der Waals surface area contributed by atoms with Gasteiger partial charge in [0.1, 0.15) is 11.4 Å². The van der Waals surface area contributed by atoms with E-state index < -0.39 is 11.6 Å². The highest BCUT2D eigenvalue weighted by atomic mass is 32.1. The molecule has 3 rings (SSSR count). The molecule has 0 bridgehead atoms. The summed E-state index contributed by atoms with van der Waals surface area (Å²) >= 11 is 3.85. The Balaban J connectivity index is 1.79. The fourth-order valence-electron chi connectivity index (χ4n) is 2.52. The second-order valence-corrected chi connectivity index (χ2v) is 5.76. The molecule has 0 radical (unpaired) electrons. The van der Waals surface area contributed by atoms with E-state index >= 15 is 0 Å². The summed E-state index contributed by atoms with van der Waals surface area (Å²) in [5.74, 6) is -1.52. The molecule has 134 valence electrons. The minimum atomic E-state index is -0.669. The Morgan fingerprint density at radius 1 is 1.28 bits per heavy atom. The second-order valence-electron chi connectivity index (χ2n) is 5.45. The zero-order chi connectivity index (χ0) is 17.8. The molecule has 0 saturated carbocycles. The molecule has 1 aromatic heterocycles. The number of aromatic nitrogens is 3. The van der Waals surface area contributed by atoms with E-state index in [1.807, 2.05) is 0 Å². The average Bonchev–Trinajstić information content (AvgIpc) is 3.09. The molecule has 0 aliphatic carbocycles. The molecule has 1 aliphatic heterocycles. The number of carbonyl (C=O) groups excluding carboxylic acids is 1. The van der Waals surface area contributed by atoms with Crippen LogP contribution in [0.4, 0.5) is 14.5 Å². The van der Waals surface area contributed by atoms with Gasteiger partial charge in [-0.05, 0) is 0 Å². The smallest absolute Gasteiger partial charge is 0.230 e. The van der Waals surface area contributed by atoms with E-state index in [0.717, 1.165) is 0 Å². The normalized spacial score (nSPS) is 14.6. The average molecular weight is 369 g/mol. The van der Waals surface area contributed by atoms with Crippen molar-refractivity contribution in [2.24, 2.45) is 0 Å². The quantitative estimate of drug-likeness (QED) is 0.768. The number of hydrogen-bond donors (Lipinski definition) is 2. The van der Waals surface area contributed by atoms with Gasteiger partial charge in [0.2, 0.25) is 5.91 Å². The van der Waals surface area contributed by atoms with E-state index in [1.165, 1.54) is 23.0 Å². The number of ether oxygens (including phenoxy) is 1. The molecule has 1 aliphatic rings. The van der Waals surface area contributed by atoms with Crippen LogP contribution < -0.4 is 10.2 Å². The van der Waals surface area contributed by atoms with Gasteiger partial charge >= 0.3 is 0 Å². The monoisotopic (exact) mass is 369 g/mol. The van der Waals surface area contributed by atoms with Gasteiger partial charge < -0.3 is 15.0 Å². The van der Waals surface area contributed by atoms with Gasteiger partial charge in [0, 0.05) is 25.2 Å². The summed E-state index contributed by atoms with van der Waals surface area (Å²) in [7, 11) is 0. The van der Waals surface area contributed by atoms with Crippen LogP contribution in [0.1, 0.15) is 5.69 Å². The van der Waals surface area contributed by atoms with Crippen LogP contribution in [-0.4, -0.2) is 53.0 Å². The van der Waals surface area contributed by atoms with Crippen LogP contribution in [0.5, 0.6) is 0 Å². The molecule has 2 heterocycles. The highest BCUT2D eigenvalue weighted by Crippen LogP contribution is 2.27. The molecule has 0 atom stereocenters. The number of nitrogens with zero attached hydrogens (tertiary/aromatic N) is 4.